The summed E-state index contributed by atoms with van der Waals surface area (Å²) in [5.74, 6) is 1.43. The van der Waals surface area contributed by atoms with Gasteiger partial charge in [-0.2, -0.15) is 0 Å². The fraction of sp³-hybridized carbons (Fsp3) is 0.571. The molecule has 0 saturated carbocycles. The molecular formula is C14H23NO2. The highest BCUT2D eigenvalue weighted by Gasteiger charge is 2.04. The van der Waals surface area contributed by atoms with Crippen LogP contribution in [0.4, 0.5) is 5.69 Å². The first-order valence-electron chi connectivity index (χ1n) is 6.20. The van der Waals surface area contributed by atoms with Crippen molar-refractivity contribution in [2.24, 2.45) is 5.92 Å². The van der Waals surface area contributed by atoms with Gasteiger partial charge < -0.3 is 15.2 Å². The fourth-order valence-electron chi connectivity index (χ4n) is 1.76. The van der Waals surface area contributed by atoms with Crippen LogP contribution >= 0.6 is 0 Å². The normalized spacial score (nSPS) is 10.8. The third-order valence-electron chi connectivity index (χ3n) is 3.00. The van der Waals surface area contributed by atoms with Crippen LogP contribution in [0.2, 0.25) is 0 Å². The third kappa shape index (κ3) is 4.65. The van der Waals surface area contributed by atoms with Crippen LogP contribution in [0.3, 0.4) is 0 Å². The molecule has 1 aromatic rings. The molecule has 0 radical (unpaired) electrons. The number of benzene rings is 1. The summed E-state index contributed by atoms with van der Waals surface area (Å²) < 4.78 is 10.9. The second-order valence-electron chi connectivity index (χ2n) is 4.31. The summed E-state index contributed by atoms with van der Waals surface area (Å²) in [5.41, 5.74) is 7.56. The largest absolute Gasteiger partial charge is 0.497 e. The smallest absolute Gasteiger partial charge is 0.121 e. The van der Waals surface area contributed by atoms with Crippen LogP contribution in [0.15, 0.2) is 18.2 Å². The second-order valence-corrected chi connectivity index (χ2v) is 4.31. The molecule has 0 aliphatic heterocycles. The van der Waals surface area contributed by atoms with Crippen LogP contribution in [-0.4, -0.2) is 13.7 Å². The maximum atomic E-state index is 5.78. The molecule has 3 nitrogen and oxygen atoms in total. The quantitative estimate of drug-likeness (QED) is 0.740. The van der Waals surface area contributed by atoms with Crippen molar-refractivity contribution < 1.29 is 9.47 Å². The lowest BCUT2D eigenvalue weighted by atomic mass is 10.1. The highest BCUT2D eigenvalue weighted by Crippen LogP contribution is 2.19. The van der Waals surface area contributed by atoms with Crippen molar-refractivity contribution in [3.63, 3.8) is 0 Å². The second kappa shape index (κ2) is 7.17. The van der Waals surface area contributed by atoms with E-state index < -0.39 is 0 Å². The molecule has 1 aromatic carbocycles. The van der Waals surface area contributed by atoms with E-state index in [1.165, 1.54) is 0 Å². The van der Waals surface area contributed by atoms with Gasteiger partial charge in [0.2, 0.25) is 0 Å². The van der Waals surface area contributed by atoms with E-state index in [-0.39, 0.29) is 0 Å². The topological polar surface area (TPSA) is 44.5 Å². The molecule has 0 amide bonds. The fourth-order valence-corrected chi connectivity index (χ4v) is 1.76. The van der Waals surface area contributed by atoms with Gasteiger partial charge >= 0.3 is 0 Å². The minimum absolute atomic E-state index is 0.595. The zero-order chi connectivity index (χ0) is 12.7. The lowest BCUT2D eigenvalue weighted by molar-refractivity contribution is 0.0842. The number of anilines is 1. The SMILES string of the molecule is CCC(CC)COCc1cc(N)cc(OC)c1. The van der Waals surface area contributed by atoms with Gasteiger partial charge in [-0.05, 0) is 23.6 Å². The van der Waals surface area contributed by atoms with Crippen molar-refractivity contribution in [1.29, 1.82) is 0 Å². The summed E-state index contributed by atoms with van der Waals surface area (Å²) in [6.45, 7) is 5.80. The van der Waals surface area contributed by atoms with Gasteiger partial charge in [0.05, 0.1) is 13.7 Å². The predicted molar refractivity (Wildman–Crippen MR) is 71.1 cm³/mol. The molecule has 96 valence electrons. The standard InChI is InChI=1S/C14H23NO2/c1-4-11(5-2)9-17-10-12-6-13(15)8-14(7-12)16-3/h6-8,11H,4-5,9-10,15H2,1-3H3. The molecule has 0 aliphatic carbocycles. The summed E-state index contributed by atoms with van der Waals surface area (Å²) in [5, 5.41) is 0. The number of methoxy groups -OCH3 is 1. The Hall–Kier alpha value is -1.22. The monoisotopic (exact) mass is 237 g/mol. The minimum atomic E-state index is 0.595. The van der Waals surface area contributed by atoms with E-state index in [0.29, 0.717) is 18.2 Å². The molecule has 0 spiro atoms. The van der Waals surface area contributed by atoms with E-state index in [0.717, 1.165) is 30.8 Å². The molecule has 0 bridgehead atoms. The summed E-state index contributed by atoms with van der Waals surface area (Å²) in [7, 11) is 1.64. The van der Waals surface area contributed by atoms with Crippen LogP contribution in [0.25, 0.3) is 0 Å². The first kappa shape index (κ1) is 13.8. The number of nitrogen functional groups attached to an aromatic ring is 1. The Morgan fingerprint density at radius 1 is 1.18 bits per heavy atom. The molecular weight excluding hydrogens is 214 g/mol. The van der Waals surface area contributed by atoms with E-state index >= 15 is 0 Å². The Bertz CT molecular complexity index is 335. The average Bonchev–Trinajstić information content (AvgIpc) is 2.34. The molecule has 0 aliphatic rings. The van der Waals surface area contributed by atoms with Gasteiger partial charge in [-0.3, -0.25) is 0 Å². The van der Waals surface area contributed by atoms with E-state index in [1.54, 1.807) is 7.11 Å². The number of nitrogens with two attached hydrogens (primary N) is 1. The van der Waals surface area contributed by atoms with Crippen LogP contribution in [0, 0.1) is 5.92 Å². The van der Waals surface area contributed by atoms with Crippen molar-refractivity contribution in [3.8, 4) is 5.75 Å². The van der Waals surface area contributed by atoms with Crippen molar-refractivity contribution >= 4 is 5.69 Å². The number of ether oxygens (including phenoxy) is 2. The van der Waals surface area contributed by atoms with E-state index in [2.05, 4.69) is 13.8 Å². The Balaban J connectivity index is 2.48. The number of rotatable bonds is 7. The average molecular weight is 237 g/mol. The molecule has 0 unspecified atom stereocenters. The van der Waals surface area contributed by atoms with Gasteiger partial charge in [0.1, 0.15) is 5.75 Å². The summed E-state index contributed by atoms with van der Waals surface area (Å²) >= 11 is 0. The lowest BCUT2D eigenvalue weighted by Gasteiger charge is -2.13. The van der Waals surface area contributed by atoms with E-state index in [1.807, 2.05) is 18.2 Å². The Morgan fingerprint density at radius 3 is 2.47 bits per heavy atom. The Kier molecular flexibility index (Phi) is 5.84. The predicted octanol–water partition coefficient (Wildman–Crippen LogP) is 3.23. The van der Waals surface area contributed by atoms with E-state index in [9.17, 15) is 0 Å². The lowest BCUT2D eigenvalue weighted by Crippen LogP contribution is -2.07. The first-order chi connectivity index (χ1) is 8.19. The molecule has 1 rings (SSSR count). The van der Waals surface area contributed by atoms with Gasteiger partial charge in [-0.1, -0.05) is 26.7 Å². The molecule has 2 N–H and O–H groups in total. The number of hydrogen-bond acceptors (Lipinski definition) is 3. The molecule has 0 heterocycles. The van der Waals surface area contributed by atoms with Gasteiger partial charge in [0.25, 0.3) is 0 Å². The van der Waals surface area contributed by atoms with Crippen LogP contribution < -0.4 is 10.5 Å². The zero-order valence-electron chi connectivity index (χ0n) is 11.0. The van der Waals surface area contributed by atoms with Gasteiger partial charge in [-0.15, -0.1) is 0 Å². The van der Waals surface area contributed by atoms with Gasteiger partial charge in [0, 0.05) is 18.4 Å². The van der Waals surface area contributed by atoms with E-state index in [4.69, 9.17) is 15.2 Å². The third-order valence-corrected chi connectivity index (χ3v) is 3.00. The molecule has 0 aromatic heterocycles. The van der Waals surface area contributed by atoms with Gasteiger partial charge in [0.15, 0.2) is 0 Å². The first-order valence-corrected chi connectivity index (χ1v) is 6.20. The zero-order valence-corrected chi connectivity index (χ0v) is 11.0. The highest BCUT2D eigenvalue weighted by atomic mass is 16.5. The van der Waals surface area contributed by atoms with Crippen LogP contribution in [0.1, 0.15) is 32.3 Å². The molecule has 3 heteroatoms. The highest BCUT2D eigenvalue weighted by molar-refractivity contribution is 5.47. The summed E-state index contributed by atoms with van der Waals surface area (Å²) in [6.07, 6.45) is 2.33. The van der Waals surface area contributed by atoms with Gasteiger partial charge in [-0.25, -0.2) is 0 Å². The Labute approximate surface area is 104 Å². The minimum Gasteiger partial charge on any atom is -0.497 e. The Morgan fingerprint density at radius 2 is 1.88 bits per heavy atom. The summed E-state index contributed by atoms with van der Waals surface area (Å²) in [4.78, 5) is 0. The van der Waals surface area contributed by atoms with Crippen molar-refractivity contribution in [2.45, 2.75) is 33.3 Å². The maximum Gasteiger partial charge on any atom is 0.121 e. The van der Waals surface area contributed by atoms with Crippen molar-refractivity contribution in [1.82, 2.24) is 0 Å². The molecule has 0 atom stereocenters. The molecule has 17 heavy (non-hydrogen) atoms. The summed E-state index contributed by atoms with van der Waals surface area (Å²) in [6, 6.07) is 5.70. The van der Waals surface area contributed by atoms with Crippen molar-refractivity contribution in [3.05, 3.63) is 23.8 Å². The maximum absolute atomic E-state index is 5.78. The van der Waals surface area contributed by atoms with Crippen LogP contribution in [-0.2, 0) is 11.3 Å². The van der Waals surface area contributed by atoms with Crippen molar-refractivity contribution in [2.75, 3.05) is 19.5 Å². The molecule has 0 saturated heterocycles. The molecule has 0 fully saturated rings. The number of hydrogen-bond donors (Lipinski definition) is 1. The van der Waals surface area contributed by atoms with Crippen LogP contribution in [0.5, 0.6) is 5.75 Å².